The molecule has 2 rings (SSSR count). The molecule has 2 heterocycles. The molecular formula is C9H12IN3O5. The molecule has 100 valence electrons. The highest BCUT2D eigenvalue weighted by molar-refractivity contribution is 14.1. The lowest BCUT2D eigenvalue weighted by molar-refractivity contribution is -0.0550. The summed E-state index contributed by atoms with van der Waals surface area (Å²) < 4.78 is 6.79. The highest BCUT2D eigenvalue weighted by Gasteiger charge is 2.43. The van der Waals surface area contributed by atoms with Crippen LogP contribution in [0.15, 0.2) is 11.0 Å². The van der Waals surface area contributed by atoms with E-state index in [9.17, 15) is 15.0 Å². The minimum absolute atomic E-state index is 0.0867. The van der Waals surface area contributed by atoms with Crippen molar-refractivity contribution in [3.63, 3.8) is 0 Å². The third-order valence-electron chi connectivity index (χ3n) is 2.73. The lowest BCUT2D eigenvalue weighted by atomic mass is 10.1. The molecule has 18 heavy (non-hydrogen) atoms. The maximum Gasteiger partial charge on any atom is 0.351 e. The van der Waals surface area contributed by atoms with E-state index in [1.165, 1.54) is 6.20 Å². The average Bonchev–Trinajstić information content (AvgIpc) is 2.61. The van der Waals surface area contributed by atoms with Crippen molar-refractivity contribution in [2.45, 2.75) is 24.5 Å². The van der Waals surface area contributed by atoms with E-state index < -0.39 is 36.8 Å². The van der Waals surface area contributed by atoms with Crippen LogP contribution in [-0.2, 0) is 4.74 Å². The van der Waals surface area contributed by atoms with E-state index in [0.29, 0.717) is 3.57 Å². The number of hydrogen-bond acceptors (Lipinski definition) is 7. The van der Waals surface area contributed by atoms with Gasteiger partial charge in [0.15, 0.2) is 6.23 Å². The quantitative estimate of drug-likeness (QED) is 0.446. The monoisotopic (exact) mass is 369 g/mol. The van der Waals surface area contributed by atoms with Gasteiger partial charge in [0, 0.05) is 6.20 Å². The molecule has 0 aromatic carbocycles. The molecule has 1 saturated heterocycles. The number of rotatable bonds is 2. The van der Waals surface area contributed by atoms with Gasteiger partial charge in [-0.05, 0) is 22.6 Å². The van der Waals surface area contributed by atoms with Gasteiger partial charge in [-0.2, -0.15) is 4.98 Å². The highest BCUT2D eigenvalue weighted by Crippen LogP contribution is 2.28. The fourth-order valence-electron chi connectivity index (χ4n) is 1.75. The molecule has 5 N–H and O–H groups in total. The topological polar surface area (TPSA) is 131 Å². The number of nitrogen functional groups attached to an aromatic ring is 1. The summed E-state index contributed by atoms with van der Waals surface area (Å²) in [5.41, 5.74) is 4.79. The van der Waals surface area contributed by atoms with E-state index in [2.05, 4.69) is 4.98 Å². The van der Waals surface area contributed by atoms with Gasteiger partial charge in [0.05, 0.1) is 10.2 Å². The summed E-state index contributed by atoms with van der Waals surface area (Å²) in [5.74, 6) is 0.0867. The summed E-state index contributed by atoms with van der Waals surface area (Å²) >= 11 is 1.88. The van der Waals surface area contributed by atoms with Gasteiger partial charge in [-0.15, -0.1) is 0 Å². The van der Waals surface area contributed by atoms with Gasteiger partial charge >= 0.3 is 5.69 Å². The van der Waals surface area contributed by atoms with Crippen molar-refractivity contribution >= 4 is 28.4 Å². The molecule has 0 amide bonds. The molecule has 0 saturated carbocycles. The van der Waals surface area contributed by atoms with E-state index in [-0.39, 0.29) is 5.82 Å². The van der Waals surface area contributed by atoms with Crippen molar-refractivity contribution in [1.29, 1.82) is 0 Å². The van der Waals surface area contributed by atoms with Crippen LogP contribution < -0.4 is 11.4 Å². The number of hydrogen-bond donors (Lipinski definition) is 4. The largest absolute Gasteiger partial charge is 0.394 e. The zero-order chi connectivity index (χ0) is 13.4. The van der Waals surface area contributed by atoms with Crippen molar-refractivity contribution in [2.75, 3.05) is 12.3 Å². The molecule has 0 unspecified atom stereocenters. The second kappa shape index (κ2) is 5.09. The standard InChI is InChI=1S/C9H12IN3O5/c10-3-1-13(9(17)12-7(3)11)8-6(16)5(15)4(2-14)18-8/h1,4-6,8,14-16H,2H2,(H2,11,12,17)/t4-,5-,6-,8+/m0/s1. The SMILES string of the molecule is Nc1nc(=O)n([C@@H]2O[C@@H](CO)[C@H](O)[C@@H]2O)cc1I. The lowest BCUT2D eigenvalue weighted by Crippen LogP contribution is -2.36. The van der Waals surface area contributed by atoms with Crippen molar-refractivity contribution < 1.29 is 20.1 Å². The highest BCUT2D eigenvalue weighted by atomic mass is 127. The second-order valence-electron chi connectivity index (χ2n) is 3.89. The molecule has 1 fully saturated rings. The summed E-state index contributed by atoms with van der Waals surface area (Å²) in [6.07, 6.45) is -3.23. The fourth-order valence-corrected chi connectivity index (χ4v) is 2.17. The van der Waals surface area contributed by atoms with Crippen LogP contribution in [-0.4, -0.2) is 49.8 Å². The van der Waals surface area contributed by atoms with Crippen molar-refractivity contribution in [3.8, 4) is 0 Å². The molecule has 1 aromatic rings. The van der Waals surface area contributed by atoms with E-state index >= 15 is 0 Å². The predicted octanol–water partition coefficient (Wildman–Crippen LogP) is -1.96. The molecule has 0 spiro atoms. The first kappa shape index (κ1) is 13.7. The molecule has 4 atom stereocenters. The number of anilines is 1. The molecule has 1 aliphatic heterocycles. The number of aromatic nitrogens is 2. The van der Waals surface area contributed by atoms with Gasteiger partial charge in [0.25, 0.3) is 0 Å². The van der Waals surface area contributed by atoms with E-state index in [4.69, 9.17) is 15.6 Å². The van der Waals surface area contributed by atoms with Crippen LogP contribution in [0.5, 0.6) is 0 Å². The van der Waals surface area contributed by atoms with Gasteiger partial charge in [-0.3, -0.25) is 4.57 Å². The Hall–Kier alpha value is -0.750. The van der Waals surface area contributed by atoms with Crippen LogP contribution in [0.3, 0.4) is 0 Å². The van der Waals surface area contributed by atoms with Gasteiger partial charge in [0.1, 0.15) is 24.1 Å². The van der Waals surface area contributed by atoms with Crippen LogP contribution in [0.25, 0.3) is 0 Å². The summed E-state index contributed by atoms with van der Waals surface area (Å²) in [4.78, 5) is 15.2. The molecule has 0 bridgehead atoms. The second-order valence-corrected chi connectivity index (χ2v) is 5.05. The molecule has 1 aromatic heterocycles. The molecule has 0 radical (unpaired) electrons. The smallest absolute Gasteiger partial charge is 0.351 e. The first-order valence-electron chi connectivity index (χ1n) is 5.12. The van der Waals surface area contributed by atoms with Crippen molar-refractivity contribution in [3.05, 3.63) is 20.3 Å². The zero-order valence-corrected chi connectivity index (χ0v) is 11.3. The van der Waals surface area contributed by atoms with Gasteiger partial charge in [-0.25, -0.2) is 4.79 Å². The van der Waals surface area contributed by atoms with Gasteiger partial charge in [0.2, 0.25) is 0 Å². The average molecular weight is 369 g/mol. The number of nitrogens with zero attached hydrogens (tertiary/aromatic N) is 2. The van der Waals surface area contributed by atoms with Crippen LogP contribution in [0.4, 0.5) is 5.82 Å². The normalized spacial score (nSPS) is 31.8. The van der Waals surface area contributed by atoms with Crippen LogP contribution in [0, 0.1) is 3.57 Å². The molecule has 1 aliphatic rings. The first-order valence-corrected chi connectivity index (χ1v) is 6.20. The fraction of sp³-hybridized carbons (Fsp3) is 0.556. The summed E-state index contributed by atoms with van der Waals surface area (Å²) in [5, 5.41) is 28.4. The van der Waals surface area contributed by atoms with Gasteiger partial charge in [-0.1, -0.05) is 0 Å². The van der Waals surface area contributed by atoms with E-state index in [1.807, 2.05) is 22.6 Å². The Morgan fingerprint density at radius 1 is 1.50 bits per heavy atom. The maximum atomic E-state index is 11.7. The number of nitrogens with two attached hydrogens (primary N) is 1. The van der Waals surface area contributed by atoms with Crippen molar-refractivity contribution in [2.24, 2.45) is 0 Å². The molecular weight excluding hydrogens is 357 g/mol. The minimum atomic E-state index is -1.32. The third-order valence-corrected chi connectivity index (χ3v) is 3.56. The van der Waals surface area contributed by atoms with Crippen LogP contribution >= 0.6 is 22.6 Å². The number of aliphatic hydroxyl groups is 3. The Balaban J connectivity index is 2.39. The van der Waals surface area contributed by atoms with Crippen molar-refractivity contribution in [1.82, 2.24) is 9.55 Å². The molecule has 9 heteroatoms. The number of ether oxygens (including phenoxy) is 1. The Kier molecular flexibility index (Phi) is 3.87. The van der Waals surface area contributed by atoms with E-state index in [1.54, 1.807) is 0 Å². The maximum absolute atomic E-state index is 11.7. The van der Waals surface area contributed by atoms with Gasteiger partial charge < -0.3 is 25.8 Å². The summed E-state index contributed by atoms with van der Waals surface area (Å²) in [6, 6.07) is 0. The summed E-state index contributed by atoms with van der Waals surface area (Å²) in [7, 11) is 0. The Bertz CT molecular complexity index is 507. The molecule has 8 nitrogen and oxygen atoms in total. The van der Waals surface area contributed by atoms with E-state index in [0.717, 1.165) is 4.57 Å². The predicted molar refractivity (Wildman–Crippen MR) is 68.6 cm³/mol. The zero-order valence-electron chi connectivity index (χ0n) is 9.10. The van der Waals surface area contributed by atoms with Crippen LogP contribution in [0.2, 0.25) is 0 Å². The Labute approximate surface area is 115 Å². The third kappa shape index (κ3) is 2.23. The number of aliphatic hydroxyl groups excluding tert-OH is 3. The minimum Gasteiger partial charge on any atom is -0.394 e. The first-order chi connectivity index (χ1) is 8.45. The molecule has 0 aliphatic carbocycles. The lowest BCUT2D eigenvalue weighted by Gasteiger charge is -2.17. The van der Waals surface area contributed by atoms with Crippen LogP contribution in [0.1, 0.15) is 6.23 Å². The summed E-state index contributed by atoms with van der Waals surface area (Å²) in [6.45, 7) is -0.455. The Morgan fingerprint density at radius 2 is 2.17 bits per heavy atom. The number of halogens is 1. The Morgan fingerprint density at radius 3 is 2.72 bits per heavy atom.